The highest BCUT2D eigenvalue weighted by Gasteiger charge is 2.24. The van der Waals surface area contributed by atoms with Gasteiger partial charge >= 0.3 is 0 Å². The second kappa shape index (κ2) is 5.73. The summed E-state index contributed by atoms with van der Waals surface area (Å²) >= 11 is 3.06. The Balaban J connectivity index is 1.92. The Bertz CT molecular complexity index is 650. The Kier molecular flexibility index (Phi) is 3.95. The molecule has 2 nitrogen and oxygen atoms in total. The molecule has 1 fully saturated rings. The quantitative estimate of drug-likeness (QED) is 0.888. The summed E-state index contributed by atoms with van der Waals surface area (Å²) in [5.41, 5.74) is 6.51. The van der Waals surface area contributed by atoms with Gasteiger partial charge in [0.05, 0.1) is 12.1 Å². The van der Waals surface area contributed by atoms with Gasteiger partial charge in [-0.15, -0.1) is 0 Å². The molecule has 1 atom stereocenters. The average molecular weight is 354 g/mol. The molecule has 0 aromatic heterocycles. The molecule has 1 aliphatic rings. The van der Waals surface area contributed by atoms with Crippen LogP contribution < -0.4 is 10.5 Å². The Morgan fingerprint density at radius 1 is 1.14 bits per heavy atom. The van der Waals surface area contributed by atoms with Crippen LogP contribution in [0.15, 0.2) is 40.9 Å². The van der Waals surface area contributed by atoms with Gasteiger partial charge in [-0.2, -0.15) is 0 Å². The van der Waals surface area contributed by atoms with Gasteiger partial charge in [-0.3, -0.25) is 0 Å². The van der Waals surface area contributed by atoms with Crippen molar-refractivity contribution >= 4 is 15.9 Å². The van der Waals surface area contributed by atoms with Crippen LogP contribution in [0.4, 0.5) is 8.78 Å². The maximum Gasteiger partial charge on any atom is 0.132 e. The van der Waals surface area contributed by atoms with Crippen molar-refractivity contribution in [3.63, 3.8) is 0 Å². The first-order valence-corrected chi connectivity index (χ1v) is 7.50. The molecule has 0 heterocycles. The Hall–Kier alpha value is -1.46. The van der Waals surface area contributed by atoms with Gasteiger partial charge in [0.1, 0.15) is 17.4 Å². The van der Waals surface area contributed by atoms with E-state index in [1.165, 1.54) is 12.1 Å². The van der Waals surface area contributed by atoms with Crippen molar-refractivity contribution in [3.8, 4) is 5.75 Å². The van der Waals surface area contributed by atoms with Crippen LogP contribution in [0.3, 0.4) is 0 Å². The van der Waals surface area contributed by atoms with Crippen LogP contribution in [0.25, 0.3) is 0 Å². The van der Waals surface area contributed by atoms with Crippen LogP contribution in [0.5, 0.6) is 5.75 Å². The lowest BCUT2D eigenvalue weighted by Gasteiger charge is -2.16. The summed E-state index contributed by atoms with van der Waals surface area (Å²) in [6, 6.07) is 8.63. The lowest BCUT2D eigenvalue weighted by atomic mass is 9.98. The molecule has 0 aliphatic heterocycles. The largest absolute Gasteiger partial charge is 0.490 e. The second-order valence-corrected chi connectivity index (χ2v) is 6.07. The minimum Gasteiger partial charge on any atom is -0.490 e. The average Bonchev–Trinajstić information content (AvgIpc) is 3.21. The standard InChI is InChI=1S/C16H14BrF2NO/c17-10-7-13(18)15(14(19)8-10)16(20)9-2-1-3-12(6-9)21-11-4-5-11/h1-3,6-8,11,16H,4-5,20H2. The zero-order valence-electron chi connectivity index (χ0n) is 11.2. The third kappa shape index (κ3) is 3.24. The number of benzene rings is 2. The SMILES string of the molecule is NC(c1cccc(OC2CC2)c1)c1c(F)cc(Br)cc1F. The second-order valence-electron chi connectivity index (χ2n) is 5.15. The van der Waals surface area contributed by atoms with E-state index in [0.717, 1.165) is 12.8 Å². The van der Waals surface area contributed by atoms with E-state index in [0.29, 0.717) is 15.8 Å². The lowest BCUT2D eigenvalue weighted by Crippen LogP contribution is -2.16. The molecule has 1 unspecified atom stereocenters. The van der Waals surface area contributed by atoms with Crippen molar-refractivity contribution < 1.29 is 13.5 Å². The van der Waals surface area contributed by atoms with Crippen LogP contribution >= 0.6 is 15.9 Å². The summed E-state index contributed by atoms with van der Waals surface area (Å²) in [7, 11) is 0. The first-order valence-electron chi connectivity index (χ1n) is 6.71. The highest BCUT2D eigenvalue weighted by Crippen LogP contribution is 2.31. The van der Waals surface area contributed by atoms with E-state index in [2.05, 4.69) is 15.9 Å². The van der Waals surface area contributed by atoms with Crippen LogP contribution in [0, 0.1) is 11.6 Å². The van der Waals surface area contributed by atoms with E-state index < -0.39 is 17.7 Å². The number of nitrogens with two attached hydrogens (primary N) is 1. The minimum atomic E-state index is -0.874. The molecule has 0 saturated heterocycles. The molecule has 110 valence electrons. The fraction of sp³-hybridized carbons (Fsp3) is 0.250. The molecule has 0 radical (unpaired) electrons. The Morgan fingerprint density at radius 3 is 2.43 bits per heavy atom. The van der Waals surface area contributed by atoms with E-state index in [4.69, 9.17) is 10.5 Å². The molecule has 21 heavy (non-hydrogen) atoms. The molecule has 1 saturated carbocycles. The minimum absolute atomic E-state index is 0.137. The van der Waals surface area contributed by atoms with Crippen molar-refractivity contribution in [1.29, 1.82) is 0 Å². The van der Waals surface area contributed by atoms with Crippen molar-refractivity contribution in [2.75, 3.05) is 0 Å². The molecule has 1 aliphatic carbocycles. The van der Waals surface area contributed by atoms with Crippen LogP contribution in [-0.2, 0) is 0 Å². The van der Waals surface area contributed by atoms with Crippen molar-refractivity contribution in [3.05, 3.63) is 63.6 Å². The van der Waals surface area contributed by atoms with Crippen molar-refractivity contribution in [1.82, 2.24) is 0 Å². The number of rotatable bonds is 4. The number of hydrogen-bond donors (Lipinski definition) is 1. The van der Waals surface area contributed by atoms with E-state index >= 15 is 0 Å². The smallest absolute Gasteiger partial charge is 0.132 e. The van der Waals surface area contributed by atoms with E-state index in [9.17, 15) is 8.78 Å². The van der Waals surface area contributed by atoms with Gasteiger partial charge in [-0.1, -0.05) is 28.1 Å². The van der Waals surface area contributed by atoms with Gasteiger partial charge in [-0.25, -0.2) is 8.78 Å². The maximum absolute atomic E-state index is 14.0. The maximum atomic E-state index is 14.0. The zero-order chi connectivity index (χ0) is 15.0. The lowest BCUT2D eigenvalue weighted by molar-refractivity contribution is 0.303. The molecular weight excluding hydrogens is 340 g/mol. The predicted octanol–water partition coefficient (Wildman–Crippen LogP) is 4.32. The summed E-state index contributed by atoms with van der Waals surface area (Å²) in [4.78, 5) is 0. The van der Waals surface area contributed by atoms with Gasteiger partial charge in [0, 0.05) is 10.0 Å². The van der Waals surface area contributed by atoms with E-state index in [-0.39, 0.29) is 11.7 Å². The molecule has 2 N–H and O–H groups in total. The molecule has 5 heteroatoms. The highest BCUT2D eigenvalue weighted by molar-refractivity contribution is 9.10. The summed E-state index contributed by atoms with van der Waals surface area (Å²) < 4.78 is 34.0. The fourth-order valence-corrected chi connectivity index (χ4v) is 2.58. The first-order chi connectivity index (χ1) is 10.0. The summed E-state index contributed by atoms with van der Waals surface area (Å²) in [5, 5.41) is 0. The van der Waals surface area contributed by atoms with Gasteiger partial charge in [0.15, 0.2) is 0 Å². The molecule has 3 rings (SSSR count). The first kappa shape index (κ1) is 14.5. The van der Waals surface area contributed by atoms with Crippen LogP contribution in [-0.4, -0.2) is 6.10 Å². The van der Waals surface area contributed by atoms with Gasteiger partial charge in [-0.05, 0) is 42.7 Å². The summed E-state index contributed by atoms with van der Waals surface area (Å²) in [6.07, 6.45) is 2.36. The van der Waals surface area contributed by atoms with E-state index in [1.54, 1.807) is 18.2 Å². The molecule has 0 bridgehead atoms. The normalized spacial score (nSPS) is 15.8. The van der Waals surface area contributed by atoms with Crippen LogP contribution in [0.2, 0.25) is 0 Å². The summed E-state index contributed by atoms with van der Waals surface area (Å²) in [6.45, 7) is 0. The van der Waals surface area contributed by atoms with Gasteiger partial charge in [0.2, 0.25) is 0 Å². The zero-order valence-corrected chi connectivity index (χ0v) is 12.7. The number of halogens is 3. The van der Waals surface area contributed by atoms with E-state index in [1.807, 2.05) is 6.07 Å². The Morgan fingerprint density at radius 2 is 1.81 bits per heavy atom. The number of hydrogen-bond acceptors (Lipinski definition) is 2. The fourth-order valence-electron chi connectivity index (χ4n) is 2.18. The third-order valence-corrected chi connectivity index (χ3v) is 3.86. The van der Waals surface area contributed by atoms with Crippen molar-refractivity contribution in [2.24, 2.45) is 5.73 Å². The molecular formula is C16H14BrF2NO. The van der Waals surface area contributed by atoms with Crippen LogP contribution in [0.1, 0.15) is 30.0 Å². The topological polar surface area (TPSA) is 35.2 Å². The third-order valence-electron chi connectivity index (χ3n) is 3.40. The molecule has 2 aromatic rings. The Labute approximate surface area is 130 Å². The highest BCUT2D eigenvalue weighted by atomic mass is 79.9. The molecule has 0 amide bonds. The molecule has 0 spiro atoms. The van der Waals surface area contributed by atoms with Gasteiger partial charge in [0.25, 0.3) is 0 Å². The predicted molar refractivity (Wildman–Crippen MR) is 80.2 cm³/mol. The van der Waals surface area contributed by atoms with Crippen molar-refractivity contribution in [2.45, 2.75) is 25.0 Å². The number of ether oxygens (including phenoxy) is 1. The monoisotopic (exact) mass is 353 g/mol. The van der Waals surface area contributed by atoms with Gasteiger partial charge < -0.3 is 10.5 Å². The summed E-state index contributed by atoms with van der Waals surface area (Å²) in [5.74, 6) is -0.644. The molecule has 2 aromatic carbocycles.